The largest absolute Gasteiger partial charge is 0.478 e. The molecule has 0 aliphatic rings. The predicted molar refractivity (Wildman–Crippen MR) is 53.4 cm³/mol. The molecule has 0 radical (unpaired) electrons. The average molecular weight is 209 g/mol. The number of hydrogen-bond donors (Lipinski definition) is 2. The van der Waals surface area contributed by atoms with Crippen LogP contribution in [-0.4, -0.2) is 28.6 Å². The molecule has 0 aliphatic heterocycles. The van der Waals surface area contributed by atoms with Crippen LogP contribution in [0.25, 0.3) is 6.08 Å². The van der Waals surface area contributed by atoms with Gasteiger partial charge in [-0.25, -0.2) is 9.59 Å². The zero-order chi connectivity index (χ0) is 11.3. The van der Waals surface area contributed by atoms with Crippen LogP contribution in [0.2, 0.25) is 0 Å². The normalized spacial score (nSPS) is 10.5. The summed E-state index contributed by atoms with van der Waals surface area (Å²) in [7, 11) is 0. The topological polar surface area (TPSA) is 79.4 Å². The molecule has 1 heterocycles. The minimum absolute atomic E-state index is 0.304. The lowest BCUT2D eigenvalue weighted by molar-refractivity contribution is -0.131. The van der Waals surface area contributed by atoms with Crippen molar-refractivity contribution in [2.75, 3.05) is 6.61 Å². The molecule has 80 valence electrons. The quantitative estimate of drug-likeness (QED) is 0.578. The molecule has 1 aromatic rings. The number of aromatic nitrogens is 1. The van der Waals surface area contributed by atoms with Gasteiger partial charge in [-0.15, -0.1) is 0 Å². The molecule has 0 saturated carbocycles. The molecule has 0 aliphatic carbocycles. The highest BCUT2D eigenvalue weighted by Crippen LogP contribution is 2.06. The molecular weight excluding hydrogens is 198 g/mol. The number of carboxylic acid groups (broad SMARTS) is 1. The lowest BCUT2D eigenvalue weighted by atomic mass is 10.3. The summed E-state index contributed by atoms with van der Waals surface area (Å²) in [5, 5.41) is 8.39. The second-order valence-corrected chi connectivity index (χ2v) is 2.74. The van der Waals surface area contributed by atoms with E-state index >= 15 is 0 Å². The van der Waals surface area contributed by atoms with Crippen molar-refractivity contribution in [1.82, 2.24) is 4.98 Å². The van der Waals surface area contributed by atoms with Crippen molar-refractivity contribution in [1.29, 1.82) is 0 Å². The lowest BCUT2D eigenvalue weighted by Crippen LogP contribution is -2.04. The van der Waals surface area contributed by atoms with Crippen LogP contribution in [0.15, 0.2) is 18.3 Å². The number of H-pyrrole nitrogens is 1. The van der Waals surface area contributed by atoms with Gasteiger partial charge in [-0.2, -0.15) is 0 Å². The van der Waals surface area contributed by atoms with Gasteiger partial charge in [-0.3, -0.25) is 0 Å². The number of nitrogens with one attached hydrogen (secondary N) is 1. The van der Waals surface area contributed by atoms with E-state index in [0.29, 0.717) is 17.9 Å². The molecule has 0 saturated heterocycles. The van der Waals surface area contributed by atoms with E-state index in [9.17, 15) is 9.59 Å². The maximum Gasteiger partial charge on any atom is 0.354 e. The first-order chi connectivity index (χ1) is 7.13. The Kier molecular flexibility index (Phi) is 3.68. The van der Waals surface area contributed by atoms with E-state index in [1.54, 1.807) is 6.92 Å². The van der Waals surface area contributed by atoms with Crippen LogP contribution >= 0.6 is 0 Å². The van der Waals surface area contributed by atoms with Crippen LogP contribution in [0.3, 0.4) is 0 Å². The van der Waals surface area contributed by atoms with Crippen molar-refractivity contribution in [3.05, 3.63) is 29.6 Å². The Balaban J connectivity index is 2.72. The number of aromatic amines is 1. The molecule has 0 atom stereocenters. The van der Waals surface area contributed by atoms with Gasteiger partial charge in [0.25, 0.3) is 0 Å². The average Bonchev–Trinajstić information content (AvgIpc) is 2.63. The third-order valence-electron chi connectivity index (χ3n) is 1.62. The highest BCUT2D eigenvalue weighted by Gasteiger charge is 2.07. The van der Waals surface area contributed by atoms with Crippen molar-refractivity contribution in [3.63, 3.8) is 0 Å². The fraction of sp³-hybridized carbons (Fsp3) is 0.200. The van der Waals surface area contributed by atoms with Gasteiger partial charge in [0.1, 0.15) is 5.69 Å². The first-order valence-corrected chi connectivity index (χ1v) is 4.40. The van der Waals surface area contributed by atoms with Crippen molar-refractivity contribution in [2.24, 2.45) is 0 Å². The van der Waals surface area contributed by atoms with Gasteiger partial charge >= 0.3 is 11.9 Å². The van der Waals surface area contributed by atoms with Gasteiger partial charge in [0, 0.05) is 12.3 Å². The molecule has 0 spiro atoms. The fourth-order valence-electron chi connectivity index (χ4n) is 1.00. The minimum atomic E-state index is -1.03. The lowest BCUT2D eigenvalue weighted by Gasteiger charge is -1.96. The van der Waals surface area contributed by atoms with Crippen LogP contribution in [0.4, 0.5) is 0 Å². The van der Waals surface area contributed by atoms with Gasteiger partial charge in [0.2, 0.25) is 0 Å². The molecule has 0 aromatic carbocycles. The highest BCUT2D eigenvalue weighted by molar-refractivity contribution is 5.89. The number of rotatable bonds is 4. The van der Waals surface area contributed by atoms with Crippen LogP contribution in [0, 0.1) is 0 Å². The number of esters is 1. The summed E-state index contributed by atoms with van der Waals surface area (Å²) in [6.45, 7) is 2.02. The minimum Gasteiger partial charge on any atom is -0.478 e. The van der Waals surface area contributed by atoms with E-state index in [1.807, 2.05) is 0 Å². The third-order valence-corrected chi connectivity index (χ3v) is 1.62. The van der Waals surface area contributed by atoms with E-state index in [0.717, 1.165) is 6.08 Å². The summed E-state index contributed by atoms with van der Waals surface area (Å²) in [4.78, 5) is 24.1. The van der Waals surface area contributed by atoms with E-state index in [-0.39, 0.29) is 0 Å². The van der Waals surface area contributed by atoms with Crippen LogP contribution in [-0.2, 0) is 9.53 Å². The summed E-state index contributed by atoms with van der Waals surface area (Å²) in [6, 6.07) is 1.53. The fourth-order valence-corrected chi connectivity index (χ4v) is 1.00. The second-order valence-electron chi connectivity index (χ2n) is 2.74. The SMILES string of the molecule is CCOC(=O)c1cc(C=CC(=O)O)c[nH]1. The Labute approximate surface area is 86.4 Å². The summed E-state index contributed by atoms with van der Waals surface area (Å²) in [5.41, 5.74) is 0.919. The van der Waals surface area contributed by atoms with Crippen LogP contribution in [0.5, 0.6) is 0 Å². The number of ether oxygens (including phenoxy) is 1. The van der Waals surface area contributed by atoms with E-state index in [4.69, 9.17) is 9.84 Å². The van der Waals surface area contributed by atoms with Crippen molar-refractivity contribution >= 4 is 18.0 Å². The van der Waals surface area contributed by atoms with E-state index in [2.05, 4.69) is 4.98 Å². The zero-order valence-corrected chi connectivity index (χ0v) is 8.19. The van der Waals surface area contributed by atoms with Crippen molar-refractivity contribution < 1.29 is 19.4 Å². The molecule has 0 amide bonds. The molecule has 5 nitrogen and oxygen atoms in total. The Morgan fingerprint density at radius 2 is 2.33 bits per heavy atom. The number of carbonyl (C=O) groups excluding carboxylic acids is 1. The molecule has 15 heavy (non-hydrogen) atoms. The summed E-state index contributed by atoms with van der Waals surface area (Å²) >= 11 is 0. The number of aliphatic carboxylic acids is 1. The number of carbonyl (C=O) groups is 2. The number of hydrogen-bond acceptors (Lipinski definition) is 3. The molecular formula is C10H11NO4. The van der Waals surface area contributed by atoms with Gasteiger partial charge in [-0.1, -0.05) is 0 Å². The summed E-state index contributed by atoms with van der Waals surface area (Å²) in [5.74, 6) is -1.48. The Bertz CT molecular complexity index is 392. The van der Waals surface area contributed by atoms with Gasteiger partial charge in [-0.05, 0) is 24.6 Å². The Morgan fingerprint density at radius 1 is 1.60 bits per heavy atom. The maximum absolute atomic E-state index is 11.2. The van der Waals surface area contributed by atoms with Crippen molar-refractivity contribution in [2.45, 2.75) is 6.92 Å². The Hall–Kier alpha value is -2.04. The molecule has 0 bridgehead atoms. The molecule has 1 rings (SSSR count). The van der Waals surface area contributed by atoms with Crippen LogP contribution in [0.1, 0.15) is 23.0 Å². The standard InChI is InChI=1S/C10H11NO4/c1-2-15-10(14)8-5-7(6-11-8)3-4-9(12)13/h3-6,11H,2H2,1H3,(H,12,13). The maximum atomic E-state index is 11.2. The van der Waals surface area contributed by atoms with Gasteiger partial charge in [0.05, 0.1) is 6.61 Å². The van der Waals surface area contributed by atoms with Gasteiger partial charge in [0.15, 0.2) is 0 Å². The first-order valence-electron chi connectivity index (χ1n) is 4.40. The molecule has 2 N–H and O–H groups in total. The monoisotopic (exact) mass is 209 g/mol. The number of carboxylic acids is 1. The summed E-state index contributed by atoms with van der Waals surface area (Å²) in [6.07, 6.45) is 3.92. The molecule has 5 heteroatoms. The highest BCUT2D eigenvalue weighted by atomic mass is 16.5. The molecule has 1 aromatic heterocycles. The molecule has 0 unspecified atom stereocenters. The van der Waals surface area contributed by atoms with E-state index < -0.39 is 11.9 Å². The van der Waals surface area contributed by atoms with E-state index in [1.165, 1.54) is 18.3 Å². The predicted octanol–water partition coefficient (Wildman–Crippen LogP) is 1.29. The first kappa shape index (κ1) is 11.0. The van der Waals surface area contributed by atoms with Gasteiger partial charge < -0.3 is 14.8 Å². The smallest absolute Gasteiger partial charge is 0.354 e. The van der Waals surface area contributed by atoms with Crippen molar-refractivity contribution in [3.8, 4) is 0 Å². The molecule has 0 fully saturated rings. The Morgan fingerprint density at radius 3 is 2.93 bits per heavy atom. The summed E-state index contributed by atoms with van der Waals surface area (Å²) < 4.78 is 4.76. The second kappa shape index (κ2) is 4.99. The third kappa shape index (κ3) is 3.30. The zero-order valence-electron chi connectivity index (χ0n) is 8.19. The van der Waals surface area contributed by atoms with Crippen LogP contribution < -0.4 is 0 Å².